The summed E-state index contributed by atoms with van der Waals surface area (Å²) in [7, 11) is 0. The van der Waals surface area contributed by atoms with E-state index < -0.39 is 124 Å². The number of ether oxygens (including phenoxy) is 6. The second-order valence-corrected chi connectivity index (χ2v) is 25.0. The second-order valence-electron chi connectivity index (χ2n) is 25.0. The average Bonchev–Trinajstić information content (AvgIpc) is 2.96. The molecule has 19 nitrogen and oxygen atoms in total. The van der Waals surface area contributed by atoms with E-state index in [1.807, 2.05) is 0 Å². The van der Waals surface area contributed by atoms with Crippen LogP contribution in [0.25, 0.3) is 0 Å². The second kappa shape index (κ2) is 48.6. The van der Waals surface area contributed by atoms with Crippen molar-refractivity contribution in [3.05, 3.63) is 0 Å². The summed E-state index contributed by atoms with van der Waals surface area (Å²) < 4.78 is 34.4. The lowest BCUT2D eigenvalue weighted by Crippen LogP contribution is -2.66. The molecule has 0 saturated carbocycles. The summed E-state index contributed by atoms with van der Waals surface area (Å²) in [5, 5.41) is 121. The first-order chi connectivity index (χ1) is 40.8. The van der Waals surface area contributed by atoms with Crippen molar-refractivity contribution < 1.29 is 89.4 Å². The standard InChI is InChI=1S/C65H125NO18/c1-3-5-7-9-11-13-15-17-19-21-22-23-24-25-27-29-31-33-35-37-39-41-43-53(71)66-48(49(70)42-40-38-36-34-32-30-28-26-20-18-16-14-12-10-8-6-4-2)47-79-63-59(77)56(74)61(51(45-68)81-63)84-65-60(78)57(75)62(52(46-69)82-65)83-64-58(76)55(73)54(72)50(44-67)80-64/h48-52,54-65,67-70,72-78H,3-47H2,1-2H3,(H,66,71). The van der Waals surface area contributed by atoms with Gasteiger partial charge in [-0.15, -0.1) is 0 Å². The van der Waals surface area contributed by atoms with Crippen LogP contribution in [0.1, 0.15) is 277 Å². The smallest absolute Gasteiger partial charge is 0.220 e. The Balaban J connectivity index is 1.43. The van der Waals surface area contributed by atoms with E-state index in [9.17, 15) is 61.0 Å². The highest BCUT2D eigenvalue weighted by molar-refractivity contribution is 5.76. The van der Waals surface area contributed by atoms with Gasteiger partial charge in [0.15, 0.2) is 18.9 Å². The fourth-order valence-electron chi connectivity index (χ4n) is 12.1. The zero-order chi connectivity index (χ0) is 61.2. The maximum absolute atomic E-state index is 13.4. The minimum atomic E-state index is -1.97. The Bertz CT molecular complexity index is 1540. The molecule has 3 rings (SSSR count). The molecule has 3 fully saturated rings. The van der Waals surface area contributed by atoms with E-state index in [4.69, 9.17) is 28.4 Å². The van der Waals surface area contributed by atoms with E-state index in [0.717, 1.165) is 44.9 Å². The first-order valence-corrected chi connectivity index (χ1v) is 34.3. The minimum absolute atomic E-state index is 0.236. The van der Waals surface area contributed by atoms with Crippen LogP contribution in [0.3, 0.4) is 0 Å². The van der Waals surface area contributed by atoms with Crippen LogP contribution in [0.2, 0.25) is 0 Å². The Kier molecular flexibility index (Phi) is 44.6. The Morgan fingerprint density at radius 1 is 0.381 bits per heavy atom. The van der Waals surface area contributed by atoms with Crippen molar-refractivity contribution in [2.45, 2.75) is 381 Å². The number of hydrogen-bond acceptors (Lipinski definition) is 18. The van der Waals surface area contributed by atoms with E-state index in [-0.39, 0.29) is 18.9 Å². The summed E-state index contributed by atoms with van der Waals surface area (Å²) in [6.45, 7) is 1.84. The Morgan fingerprint density at radius 2 is 0.679 bits per heavy atom. The van der Waals surface area contributed by atoms with Gasteiger partial charge in [0.1, 0.15) is 73.2 Å². The number of carbonyl (C=O) groups is 1. The highest BCUT2D eigenvalue weighted by atomic mass is 16.8. The van der Waals surface area contributed by atoms with Crippen molar-refractivity contribution in [2.75, 3.05) is 26.4 Å². The number of nitrogens with one attached hydrogen (secondary N) is 1. The maximum Gasteiger partial charge on any atom is 0.220 e. The highest BCUT2D eigenvalue weighted by Gasteiger charge is 2.53. The summed E-state index contributed by atoms with van der Waals surface area (Å²) in [5.74, 6) is -0.236. The van der Waals surface area contributed by atoms with Crippen LogP contribution in [0.4, 0.5) is 0 Å². The molecule has 498 valence electrons. The predicted octanol–water partition coefficient (Wildman–Crippen LogP) is 8.33. The van der Waals surface area contributed by atoms with Gasteiger partial charge in [-0.2, -0.15) is 0 Å². The summed E-state index contributed by atoms with van der Waals surface area (Å²) in [5.41, 5.74) is 0. The maximum atomic E-state index is 13.4. The molecule has 3 heterocycles. The molecule has 0 radical (unpaired) electrons. The molecule has 0 aromatic rings. The van der Waals surface area contributed by atoms with Gasteiger partial charge in [-0.25, -0.2) is 0 Å². The number of hydrogen-bond donors (Lipinski definition) is 12. The van der Waals surface area contributed by atoms with Crippen LogP contribution in [0, 0.1) is 0 Å². The summed E-state index contributed by atoms with van der Waals surface area (Å²) in [4.78, 5) is 13.4. The minimum Gasteiger partial charge on any atom is -0.394 e. The van der Waals surface area contributed by atoms with Crippen LogP contribution in [0.5, 0.6) is 0 Å². The summed E-state index contributed by atoms with van der Waals surface area (Å²) >= 11 is 0. The van der Waals surface area contributed by atoms with Gasteiger partial charge in [-0.05, 0) is 12.8 Å². The zero-order valence-corrected chi connectivity index (χ0v) is 52.4. The predicted molar refractivity (Wildman–Crippen MR) is 324 cm³/mol. The number of rotatable bonds is 53. The van der Waals surface area contributed by atoms with Crippen LogP contribution < -0.4 is 5.32 Å². The lowest BCUT2D eigenvalue weighted by Gasteiger charge is -2.48. The van der Waals surface area contributed by atoms with E-state index in [1.165, 1.54) is 199 Å². The first-order valence-electron chi connectivity index (χ1n) is 34.3. The van der Waals surface area contributed by atoms with Crippen molar-refractivity contribution in [3.8, 4) is 0 Å². The number of carbonyl (C=O) groups excluding carboxylic acids is 1. The Morgan fingerprint density at radius 3 is 1.04 bits per heavy atom. The van der Waals surface area contributed by atoms with E-state index in [2.05, 4.69) is 19.2 Å². The van der Waals surface area contributed by atoms with Crippen LogP contribution >= 0.6 is 0 Å². The molecule has 3 aliphatic heterocycles. The van der Waals surface area contributed by atoms with Crippen molar-refractivity contribution >= 4 is 5.91 Å². The fourth-order valence-corrected chi connectivity index (χ4v) is 12.1. The quantitative estimate of drug-likeness (QED) is 0.0255. The molecule has 0 aromatic heterocycles. The van der Waals surface area contributed by atoms with E-state index in [1.54, 1.807) is 0 Å². The van der Waals surface area contributed by atoms with Gasteiger partial charge in [0.25, 0.3) is 0 Å². The first kappa shape index (κ1) is 77.0. The Hall–Kier alpha value is -1.21. The topological polar surface area (TPSA) is 307 Å². The van der Waals surface area contributed by atoms with Crippen molar-refractivity contribution in [3.63, 3.8) is 0 Å². The van der Waals surface area contributed by atoms with Gasteiger partial charge >= 0.3 is 0 Å². The Labute approximate surface area is 506 Å². The van der Waals surface area contributed by atoms with Crippen LogP contribution in [-0.2, 0) is 33.2 Å². The van der Waals surface area contributed by atoms with Gasteiger partial charge in [0.2, 0.25) is 5.91 Å². The monoisotopic (exact) mass is 1210 g/mol. The molecule has 0 aliphatic carbocycles. The normalized spacial score (nSPS) is 29.1. The summed E-state index contributed by atoms with van der Waals surface area (Å²) in [6, 6.07) is -0.881. The molecule has 84 heavy (non-hydrogen) atoms. The van der Waals surface area contributed by atoms with Gasteiger partial charge in [-0.3, -0.25) is 4.79 Å². The molecule has 3 saturated heterocycles. The van der Waals surface area contributed by atoms with Crippen LogP contribution in [-0.4, -0.2) is 193 Å². The SMILES string of the molecule is CCCCCCCCCCCCCCCCCCCCCCCCC(=O)NC(COC1OC(CO)C(OC2OC(CO)C(OC3OC(CO)C(O)C(O)C3O)C(O)C2O)C(O)C1O)C(O)CCCCCCCCCCCCCCCCCCC. The highest BCUT2D eigenvalue weighted by Crippen LogP contribution is 2.33. The van der Waals surface area contributed by atoms with E-state index in [0.29, 0.717) is 12.8 Å². The number of unbranched alkanes of at least 4 members (excludes halogenated alkanes) is 37. The molecule has 3 aliphatic rings. The number of aliphatic hydroxyl groups is 11. The molecule has 12 N–H and O–H groups in total. The molecule has 0 bridgehead atoms. The number of amides is 1. The lowest BCUT2D eigenvalue weighted by molar-refractivity contribution is -0.379. The molecule has 17 atom stereocenters. The number of aliphatic hydroxyl groups excluding tert-OH is 11. The van der Waals surface area contributed by atoms with Crippen molar-refractivity contribution in [1.82, 2.24) is 5.32 Å². The van der Waals surface area contributed by atoms with Gasteiger partial charge in [0.05, 0.1) is 38.6 Å². The largest absolute Gasteiger partial charge is 0.394 e. The zero-order valence-electron chi connectivity index (χ0n) is 52.4. The molecule has 1 amide bonds. The lowest BCUT2D eigenvalue weighted by atomic mass is 9.96. The molecular formula is C65H125NO18. The molecule has 0 spiro atoms. The fraction of sp³-hybridized carbons (Fsp3) is 0.985. The van der Waals surface area contributed by atoms with Crippen LogP contribution in [0.15, 0.2) is 0 Å². The van der Waals surface area contributed by atoms with Crippen molar-refractivity contribution in [2.24, 2.45) is 0 Å². The molecule has 19 heteroatoms. The van der Waals surface area contributed by atoms with E-state index >= 15 is 0 Å². The molecule has 0 aromatic carbocycles. The van der Waals surface area contributed by atoms with Gasteiger partial charge < -0.3 is 89.9 Å². The molecular weight excluding hydrogens is 1080 g/mol. The summed E-state index contributed by atoms with van der Waals surface area (Å²) in [6.07, 6.45) is 23.2. The van der Waals surface area contributed by atoms with Crippen molar-refractivity contribution in [1.29, 1.82) is 0 Å². The third-order valence-electron chi connectivity index (χ3n) is 17.7. The third kappa shape index (κ3) is 31.0. The third-order valence-corrected chi connectivity index (χ3v) is 17.7. The molecule has 17 unspecified atom stereocenters. The average molecular weight is 1210 g/mol. The van der Waals surface area contributed by atoms with Gasteiger partial charge in [0, 0.05) is 6.42 Å². The van der Waals surface area contributed by atoms with Gasteiger partial charge in [-0.1, -0.05) is 258 Å².